The topological polar surface area (TPSA) is 47.3 Å². The van der Waals surface area contributed by atoms with Gasteiger partial charge in [-0.25, -0.2) is 0 Å². The van der Waals surface area contributed by atoms with Crippen molar-refractivity contribution < 1.29 is 4.79 Å². The molecule has 0 radical (unpaired) electrons. The minimum atomic E-state index is 0.150. The van der Waals surface area contributed by atoms with Crippen molar-refractivity contribution in [1.82, 2.24) is 9.80 Å². The van der Waals surface area contributed by atoms with Crippen LogP contribution in [0.25, 0.3) is 11.1 Å². The van der Waals surface area contributed by atoms with E-state index in [1.165, 1.54) is 5.56 Å². The van der Waals surface area contributed by atoms with Crippen molar-refractivity contribution in [3.63, 3.8) is 0 Å². The van der Waals surface area contributed by atoms with Gasteiger partial charge in [0.15, 0.2) is 0 Å². The number of benzene rings is 2. The molecule has 0 spiro atoms. The first kappa shape index (κ1) is 18.2. The van der Waals surface area contributed by atoms with E-state index in [0.717, 1.165) is 43.6 Å². The predicted molar refractivity (Wildman–Crippen MR) is 103 cm³/mol. The van der Waals surface area contributed by atoms with E-state index < -0.39 is 0 Å². The molecule has 4 nitrogen and oxygen atoms in total. The second-order valence-electron chi connectivity index (χ2n) is 6.99. The number of piperidine rings is 1. The van der Waals surface area contributed by atoms with Crippen molar-refractivity contribution in [1.29, 1.82) is 5.26 Å². The van der Waals surface area contributed by atoms with E-state index in [-0.39, 0.29) is 5.91 Å². The number of amides is 1. The molecule has 0 saturated carbocycles. The van der Waals surface area contributed by atoms with Crippen LogP contribution in [0.15, 0.2) is 48.5 Å². The molecule has 0 bridgehead atoms. The van der Waals surface area contributed by atoms with Crippen LogP contribution in [0.3, 0.4) is 0 Å². The standard InChI is InChI=1S/C22H25N3O/c1-17(26)24(2)21-11-13-25(14-12-21)16-18-7-9-19(10-8-18)22-6-4-3-5-20(22)15-23/h3-10,21H,11-14,16H2,1-2H3. The molecule has 4 heteroatoms. The van der Waals surface area contributed by atoms with Gasteiger partial charge in [-0.15, -0.1) is 0 Å². The molecule has 1 fully saturated rings. The van der Waals surface area contributed by atoms with Crippen LogP contribution in [0, 0.1) is 11.3 Å². The SMILES string of the molecule is CC(=O)N(C)C1CCN(Cc2ccc(-c3ccccc3C#N)cc2)CC1. The zero-order valence-electron chi connectivity index (χ0n) is 15.5. The zero-order chi connectivity index (χ0) is 18.5. The highest BCUT2D eigenvalue weighted by molar-refractivity contribution is 5.73. The average Bonchev–Trinajstić information content (AvgIpc) is 2.68. The summed E-state index contributed by atoms with van der Waals surface area (Å²) in [6.07, 6.45) is 2.06. The molecule has 2 aromatic carbocycles. The van der Waals surface area contributed by atoms with Crippen LogP contribution in [-0.2, 0) is 11.3 Å². The lowest BCUT2D eigenvalue weighted by Crippen LogP contribution is -2.44. The van der Waals surface area contributed by atoms with E-state index >= 15 is 0 Å². The molecular weight excluding hydrogens is 322 g/mol. The number of hydrogen-bond donors (Lipinski definition) is 0. The van der Waals surface area contributed by atoms with Crippen molar-refractivity contribution in [2.75, 3.05) is 20.1 Å². The molecule has 0 aliphatic carbocycles. The third-order valence-electron chi connectivity index (χ3n) is 5.32. The highest BCUT2D eigenvalue weighted by Gasteiger charge is 2.23. The number of carbonyl (C=O) groups is 1. The van der Waals surface area contributed by atoms with Crippen LogP contribution in [0.4, 0.5) is 0 Å². The van der Waals surface area contributed by atoms with Crippen molar-refractivity contribution >= 4 is 5.91 Å². The molecule has 0 N–H and O–H groups in total. The lowest BCUT2D eigenvalue weighted by Gasteiger charge is -2.36. The number of carbonyl (C=O) groups excluding carboxylic acids is 1. The van der Waals surface area contributed by atoms with E-state index in [1.54, 1.807) is 6.92 Å². The van der Waals surface area contributed by atoms with E-state index in [4.69, 9.17) is 0 Å². The zero-order valence-corrected chi connectivity index (χ0v) is 15.5. The van der Waals surface area contributed by atoms with Crippen LogP contribution in [-0.4, -0.2) is 41.9 Å². The normalized spacial score (nSPS) is 15.4. The molecule has 0 unspecified atom stereocenters. The molecule has 2 aromatic rings. The molecular formula is C22H25N3O. The van der Waals surface area contributed by atoms with Crippen molar-refractivity contribution in [2.24, 2.45) is 0 Å². The van der Waals surface area contributed by atoms with Gasteiger partial charge < -0.3 is 4.90 Å². The van der Waals surface area contributed by atoms with Crippen LogP contribution < -0.4 is 0 Å². The molecule has 1 amide bonds. The third-order valence-corrected chi connectivity index (χ3v) is 5.32. The van der Waals surface area contributed by atoms with Gasteiger partial charge in [-0.2, -0.15) is 5.26 Å². The summed E-state index contributed by atoms with van der Waals surface area (Å²) in [7, 11) is 1.90. The maximum atomic E-state index is 11.5. The molecule has 1 heterocycles. The van der Waals surface area contributed by atoms with E-state index in [2.05, 4.69) is 35.2 Å². The molecule has 0 aromatic heterocycles. The quantitative estimate of drug-likeness (QED) is 0.848. The van der Waals surface area contributed by atoms with Crippen LogP contribution in [0.2, 0.25) is 0 Å². The largest absolute Gasteiger partial charge is 0.343 e. The Kier molecular flexibility index (Phi) is 5.70. The molecule has 1 aliphatic heterocycles. The highest BCUT2D eigenvalue weighted by atomic mass is 16.2. The maximum Gasteiger partial charge on any atom is 0.219 e. The van der Waals surface area contributed by atoms with Crippen LogP contribution >= 0.6 is 0 Å². The third kappa shape index (κ3) is 4.12. The van der Waals surface area contributed by atoms with Gasteiger partial charge in [0, 0.05) is 39.6 Å². The summed E-state index contributed by atoms with van der Waals surface area (Å²) >= 11 is 0. The molecule has 3 rings (SSSR count). The highest BCUT2D eigenvalue weighted by Crippen LogP contribution is 2.24. The molecule has 1 aliphatic rings. The van der Waals surface area contributed by atoms with Crippen molar-refractivity contribution in [2.45, 2.75) is 32.4 Å². The Morgan fingerprint density at radius 1 is 1.15 bits per heavy atom. The van der Waals surface area contributed by atoms with Gasteiger partial charge >= 0.3 is 0 Å². The van der Waals surface area contributed by atoms with Gasteiger partial charge in [0.1, 0.15) is 0 Å². The Hall–Kier alpha value is -2.64. The van der Waals surface area contributed by atoms with E-state index in [1.807, 2.05) is 36.2 Å². The lowest BCUT2D eigenvalue weighted by atomic mass is 9.99. The minimum absolute atomic E-state index is 0.150. The summed E-state index contributed by atoms with van der Waals surface area (Å²) in [6, 6.07) is 18.8. The molecule has 0 atom stereocenters. The first-order valence-electron chi connectivity index (χ1n) is 9.12. The Balaban J connectivity index is 1.61. The monoisotopic (exact) mass is 347 g/mol. The summed E-state index contributed by atoms with van der Waals surface area (Å²) < 4.78 is 0. The fraction of sp³-hybridized carbons (Fsp3) is 0.364. The Morgan fingerprint density at radius 3 is 2.42 bits per heavy atom. The van der Waals surface area contributed by atoms with Gasteiger partial charge in [-0.3, -0.25) is 9.69 Å². The van der Waals surface area contributed by atoms with Crippen LogP contribution in [0.1, 0.15) is 30.9 Å². The Morgan fingerprint density at radius 2 is 1.81 bits per heavy atom. The number of likely N-dealkylation sites (tertiary alicyclic amines) is 1. The number of nitrogens with zero attached hydrogens (tertiary/aromatic N) is 3. The van der Waals surface area contributed by atoms with Gasteiger partial charge in [0.05, 0.1) is 11.6 Å². The second kappa shape index (κ2) is 8.16. The Bertz CT molecular complexity index is 799. The summed E-state index contributed by atoms with van der Waals surface area (Å²) in [5.41, 5.74) is 4.04. The summed E-state index contributed by atoms with van der Waals surface area (Å²) in [4.78, 5) is 15.8. The number of hydrogen-bond acceptors (Lipinski definition) is 3. The first-order chi connectivity index (χ1) is 12.6. The number of nitriles is 1. The average molecular weight is 347 g/mol. The smallest absolute Gasteiger partial charge is 0.219 e. The summed E-state index contributed by atoms with van der Waals surface area (Å²) in [5.74, 6) is 0.150. The number of rotatable bonds is 4. The van der Waals surface area contributed by atoms with Gasteiger partial charge in [0.2, 0.25) is 5.91 Å². The van der Waals surface area contributed by atoms with Gasteiger partial charge in [-0.1, -0.05) is 42.5 Å². The fourth-order valence-corrected chi connectivity index (χ4v) is 3.60. The molecule has 134 valence electrons. The minimum Gasteiger partial charge on any atom is -0.343 e. The summed E-state index contributed by atoms with van der Waals surface area (Å²) in [6.45, 7) is 4.59. The predicted octanol–water partition coefficient (Wildman–Crippen LogP) is 3.67. The van der Waals surface area contributed by atoms with Gasteiger partial charge in [-0.05, 0) is 35.6 Å². The fourth-order valence-electron chi connectivity index (χ4n) is 3.60. The van der Waals surface area contributed by atoms with Crippen molar-refractivity contribution in [3.05, 3.63) is 59.7 Å². The molecule has 26 heavy (non-hydrogen) atoms. The summed E-state index contributed by atoms with van der Waals surface area (Å²) in [5, 5.41) is 9.26. The van der Waals surface area contributed by atoms with Crippen LogP contribution in [0.5, 0.6) is 0 Å². The van der Waals surface area contributed by atoms with Crippen molar-refractivity contribution in [3.8, 4) is 17.2 Å². The Labute approximate surface area is 155 Å². The van der Waals surface area contributed by atoms with E-state index in [9.17, 15) is 10.1 Å². The lowest BCUT2D eigenvalue weighted by molar-refractivity contribution is -0.130. The van der Waals surface area contributed by atoms with Gasteiger partial charge in [0.25, 0.3) is 0 Å². The van der Waals surface area contributed by atoms with E-state index in [0.29, 0.717) is 11.6 Å². The first-order valence-corrected chi connectivity index (χ1v) is 9.12. The molecule has 1 saturated heterocycles. The second-order valence-corrected chi connectivity index (χ2v) is 6.99. The maximum absolute atomic E-state index is 11.5.